The molecule has 0 saturated carbocycles. The number of rotatable bonds is 8. The zero-order chi connectivity index (χ0) is 23.1. The molecule has 32 heavy (non-hydrogen) atoms. The molecule has 9 heteroatoms. The molecule has 164 valence electrons. The van der Waals surface area contributed by atoms with Crippen molar-refractivity contribution in [2.75, 3.05) is 18.5 Å². The topological polar surface area (TPSA) is 98.8 Å². The predicted molar refractivity (Wildman–Crippen MR) is 121 cm³/mol. The Balaban J connectivity index is 1.75. The fraction of sp³-hybridized carbons (Fsp3) is 0.130. The van der Waals surface area contributed by atoms with E-state index in [1.807, 2.05) is 0 Å². The average Bonchev–Trinajstić information content (AvgIpc) is 3.21. The summed E-state index contributed by atoms with van der Waals surface area (Å²) in [5, 5.41) is 5.00. The molecule has 0 bridgehead atoms. The number of anilines is 1. The van der Waals surface area contributed by atoms with Crippen LogP contribution in [-0.2, 0) is 14.3 Å². The van der Waals surface area contributed by atoms with Crippen LogP contribution >= 0.6 is 22.9 Å². The number of ether oxygens (including phenoxy) is 2. The van der Waals surface area contributed by atoms with Crippen molar-refractivity contribution in [3.05, 3.63) is 75.6 Å². The SMILES string of the molecule is CCOC(=O)c1c(-c2ccccc2Cl)csc1NC(=O)COC(=O)c1ccc(C=O)cc1. The molecule has 0 unspecified atom stereocenters. The Bertz CT molecular complexity index is 1160. The maximum Gasteiger partial charge on any atom is 0.341 e. The molecule has 0 aliphatic carbocycles. The number of hydrogen-bond acceptors (Lipinski definition) is 7. The Morgan fingerprint density at radius 2 is 1.72 bits per heavy atom. The molecule has 0 aliphatic rings. The highest BCUT2D eigenvalue weighted by Gasteiger charge is 2.24. The smallest absolute Gasteiger partial charge is 0.341 e. The van der Waals surface area contributed by atoms with E-state index in [0.717, 1.165) is 11.3 Å². The van der Waals surface area contributed by atoms with Crippen LogP contribution < -0.4 is 5.32 Å². The van der Waals surface area contributed by atoms with Crippen molar-refractivity contribution in [1.29, 1.82) is 0 Å². The normalized spacial score (nSPS) is 10.3. The van der Waals surface area contributed by atoms with Crippen molar-refractivity contribution in [3.63, 3.8) is 0 Å². The molecule has 1 N–H and O–H groups in total. The van der Waals surface area contributed by atoms with Gasteiger partial charge in [-0.15, -0.1) is 11.3 Å². The van der Waals surface area contributed by atoms with Gasteiger partial charge in [-0.3, -0.25) is 9.59 Å². The first kappa shape index (κ1) is 23.2. The van der Waals surface area contributed by atoms with Gasteiger partial charge in [-0.05, 0) is 25.1 Å². The third-order valence-corrected chi connectivity index (χ3v) is 5.53. The van der Waals surface area contributed by atoms with E-state index >= 15 is 0 Å². The fourth-order valence-corrected chi connectivity index (χ4v) is 4.01. The van der Waals surface area contributed by atoms with Gasteiger partial charge in [-0.25, -0.2) is 9.59 Å². The van der Waals surface area contributed by atoms with Crippen LogP contribution in [0.5, 0.6) is 0 Å². The highest BCUT2D eigenvalue weighted by Crippen LogP contribution is 2.39. The van der Waals surface area contributed by atoms with Gasteiger partial charge in [0.1, 0.15) is 16.9 Å². The molecule has 7 nitrogen and oxygen atoms in total. The van der Waals surface area contributed by atoms with Gasteiger partial charge in [-0.2, -0.15) is 0 Å². The van der Waals surface area contributed by atoms with Crippen molar-refractivity contribution in [1.82, 2.24) is 0 Å². The molecule has 1 aromatic heterocycles. The Kier molecular flexibility index (Phi) is 7.75. The van der Waals surface area contributed by atoms with E-state index in [2.05, 4.69) is 5.32 Å². The van der Waals surface area contributed by atoms with E-state index in [-0.39, 0.29) is 22.7 Å². The lowest BCUT2D eigenvalue weighted by Crippen LogP contribution is -2.21. The number of thiophene rings is 1. The van der Waals surface area contributed by atoms with Crippen molar-refractivity contribution in [2.45, 2.75) is 6.92 Å². The highest BCUT2D eigenvalue weighted by molar-refractivity contribution is 7.15. The number of benzene rings is 2. The number of hydrogen-bond donors (Lipinski definition) is 1. The zero-order valence-electron chi connectivity index (χ0n) is 16.9. The first-order valence-corrected chi connectivity index (χ1v) is 10.8. The lowest BCUT2D eigenvalue weighted by atomic mass is 10.0. The summed E-state index contributed by atoms with van der Waals surface area (Å²) < 4.78 is 10.2. The maximum atomic E-state index is 12.6. The minimum atomic E-state index is -0.717. The Labute approximate surface area is 192 Å². The van der Waals surface area contributed by atoms with Crippen LogP contribution in [0.3, 0.4) is 0 Å². The predicted octanol–water partition coefficient (Wildman–Crippen LogP) is 4.85. The lowest BCUT2D eigenvalue weighted by molar-refractivity contribution is -0.119. The number of carbonyl (C=O) groups is 4. The number of halogens is 1. The van der Waals surface area contributed by atoms with Crippen LogP contribution in [0, 0.1) is 0 Å². The monoisotopic (exact) mass is 471 g/mol. The van der Waals surface area contributed by atoms with Gasteiger partial charge in [0.2, 0.25) is 0 Å². The van der Waals surface area contributed by atoms with Crippen molar-refractivity contribution in [3.8, 4) is 11.1 Å². The molecule has 3 rings (SSSR count). The van der Waals surface area contributed by atoms with Gasteiger partial charge in [0.25, 0.3) is 5.91 Å². The van der Waals surface area contributed by atoms with Gasteiger partial charge in [-0.1, -0.05) is 41.9 Å². The second-order valence-electron chi connectivity index (χ2n) is 6.42. The van der Waals surface area contributed by atoms with Gasteiger partial charge >= 0.3 is 11.9 Å². The second-order valence-corrected chi connectivity index (χ2v) is 7.70. The first-order chi connectivity index (χ1) is 15.4. The van der Waals surface area contributed by atoms with Gasteiger partial charge in [0.05, 0.1) is 12.2 Å². The van der Waals surface area contributed by atoms with Crippen molar-refractivity contribution >= 4 is 52.1 Å². The molecular formula is C23H18ClNO6S. The summed E-state index contributed by atoms with van der Waals surface area (Å²) in [6.07, 6.45) is 0.654. The summed E-state index contributed by atoms with van der Waals surface area (Å²) in [5.74, 6) is -1.95. The van der Waals surface area contributed by atoms with E-state index < -0.39 is 24.5 Å². The fourth-order valence-electron chi connectivity index (χ4n) is 2.81. The molecule has 2 aromatic carbocycles. The molecule has 0 fully saturated rings. The molecule has 1 heterocycles. The van der Waals surface area contributed by atoms with E-state index in [1.54, 1.807) is 36.6 Å². The second kappa shape index (κ2) is 10.7. The Hall–Kier alpha value is -3.49. The molecule has 0 spiro atoms. The summed E-state index contributed by atoms with van der Waals surface area (Å²) in [5.41, 5.74) is 1.94. The quantitative estimate of drug-likeness (QED) is 0.372. The van der Waals surface area contributed by atoms with Crippen LogP contribution in [-0.4, -0.2) is 37.3 Å². The summed E-state index contributed by atoms with van der Waals surface area (Å²) in [7, 11) is 0. The number of aldehydes is 1. The van der Waals surface area contributed by atoms with Crippen molar-refractivity contribution in [2.24, 2.45) is 0 Å². The van der Waals surface area contributed by atoms with Gasteiger partial charge in [0, 0.05) is 27.1 Å². The molecule has 0 radical (unpaired) electrons. The largest absolute Gasteiger partial charge is 0.462 e. The molecular weight excluding hydrogens is 454 g/mol. The highest BCUT2D eigenvalue weighted by atomic mass is 35.5. The molecule has 0 saturated heterocycles. The summed E-state index contributed by atoms with van der Waals surface area (Å²) in [4.78, 5) is 47.8. The number of esters is 2. The van der Waals surface area contributed by atoms with E-state index in [1.165, 1.54) is 24.3 Å². The third-order valence-electron chi connectivity index (χ3n) is 4.30. The molecule has 0 atom stereocenters. The third kappa shape index (κ3) is 5.40. The summed E-state index contributed by atoms with van der Waals surface area (Å²) >= 11 is 7.41. The standard InChI is InChI=1S/C23H18ClNO6S/c1-2-30-23(29)20-17(16-5-3-4-6-18(16)24)13-32-21(20)25-19(27)12-31-22(28)15-9-7-14(11-26)8-10-15/h3-11,13H,2,12H2,1H3,(H,25,27). The van der Waals surface area contributed by atoms with E-state index in [0.29, 0.717) is 28.0 Å². The van der Waals surface area contributed by atoms with Crippen LogP contribution in [0.4, 0.5) is 5.00 Å². The van der Waals surface area contributed by atoms with Crippen LogP contribution in [0.15, 0.2) is 53.9 Å². The number of amides is 1. The van der Waals surface area contributed by atoms with Gasteiger partial charge in [0.15, 0.2) is 6.61 Å². The van der Waals surface area contributed by atoms with Crippen LogP contribution in [0.2, 0.25) is 5.02 Å². The molecule has 1 amide bonds. The van der Waals surface area contributed by atoms with Crippen LogP contribution in [0.1, 0.15) is 38.0 Å². The Morgan fingerprint density at radius 1 is 1.00 bits per heavy atom. The van der Waals surface area contributed by atoms with Gasteiger partial charge < -0.3 is 14.8 Å². The van der Waals surface area contributed by atoms with Crippen molar-refractivity contribution < 1.29 is 28.7 Å². The Morgan fingerprint density at radius 3 is 2.38 bits per heavy atom. The lowest BCUT2D eigenvalue weighted by Gasteiger charge is -2.10. The first-order valence-electron chi connectivity index (χ1n) is 9.50. The minimum absolute atomic E-state index is 0.157. The maximum absolute atomic E-state index is 12.6. The number of carbonyl (C=O) groups excluding carboxylic acids is 4. The zero-order valence-corrected chi connectivity index (χ0v) is 18.5. The average molecular weight is 472 g/mol. The molecule has 0 aliphatic heterocycles. The van der Waals surface area contributed by atoms with E-state index in [9.17, 15) is 19.2 Å². The van der Waals surface area contributed by atoms with Crippen LogP contribution in [0.25, 0.3) is 11.1 Å². The summed E-state index contributed by atoms with van der Waals surface area (Å²) in [6, 6.07) is 12.8. The number of nitrogens with one attached hydrogen (secondary N) is 1. The summed E-state index contributed by atoms with van der Waals surface area (Å²) in [6.45, 7) is 1.28. The molecule has 3 aromatic rings. The van der Waals surface area contributed by atoms with E-state index in [4.69, 9.17) is 21.1 Å². The minimum Gasteiger partial charge on any atom is -0.462 e.